The van der Waals surface area contributed by atoms with E-state index in [2.05, 4.69) is 4.99 Å². The highest BCUT2D eigenvalue weighted by Gasteiger charge is 2.31. The first-order chi connectivity index (χ1) is 12.5. The summed E-state index contributed by atoms with van der Waals surface area (Å²) in [5.41, 5.74) is 0.715. The fourth-order valence-electron chi connectivity index (χ4n) is 2.37. The van der Waals surface area contributed by atoms with Crippen LogP contribution in [0.4, 0.5) is 0 Å². The van der Waals surface area contributed by atoms with E-state index in [9.17, 15) is 4.79 Å². The Balaban J connectivity index is 2.40. The first-order valence-electron chi connectivity index (χ1n) is 8.27. The average molecular weight is 394 g/mol. The maximum Gasteiger partial charge on any atom is 0.266 e. The van der Waals surface area contributed by atoms with E-state index in [-0.39, 0.29) is 12.5 Å². The van der Waals surface area contributed by atoms with Crippen molar-refractivity contribution in [2.24, 2.45) is 4.99 Å². The smallest absolute Gasteiger partial charge is 0.266 e. The zero-order chi connectivity index (χ0) is 19.1. The number of nitriles is 1. The minimum absolute atomic E-state index is 0.0800. The number of rotatable bonds is 7. The Labute approximate surface area is 162 Å². The summed E-state index contributed by atoms with van der Waals surface area (Å²) in [5, 5.41) is 9.73. The molecule has 26 heavy (non-hydrogen) atoms. The Morgan fingerprint density at radius 3 is 2.73 bits per heavy atom. The van der Waals surface area contributed by atoms with Gasteiger partial charge in [0.1, 0.15) is 6.07 Å². The maximum atomic E-state index is 12.6. The molecule has 6 nitrogen and oxygen atoms in total. The molecule has 8 heteroatoms. The van der Waals surface area contributed by atoms with Crippen molar-refractivity contribution < 1.29 is 14.3 Å². The molecule has 1 aliphatic heterocycles. The summed E-state index contributed by atoms with van der Waals surface area (Å²) in [6, 6.07) is 5.33. The number of amides is 1. The zero-order valence-electron chi connectivity index (χ0n) is 14.9. The lowest BCUT2D eigenvalue weighted by atomic mass is 10.1. The van der Waals surface area contributed by atoms with Gasteiger partial charge in [0.25, 0.3) is 5.91 Å². The van der Waals surface area contributed by atoms with Crippen molar-refractivity contribution in [3.05, 3.63) is 27.6 Å². The molecule has 0 saturated carbocycles. The second-order valence-corrected chi connectivity index (χ2v) is 6.54. The standard InChI is InChI=1S/C18H20ClN3O3S/c1-4-21-18-22(5-2)17(23)15(26-18)11-12-9-13(19)16(25-8-7-20)14(10-12)24-6-3/h9-11H,4-6,8H2,1-3H3/b15-11-,21-18?. The van der Waals surface area contributed by atoms with Crippen molar-refractivity contribution in [1.29, 1.82) is 5.26 Å². The highest BCUT2D eigenvalue weighted by atomic mass is 35.5. The van der Waals surface area contributed by atoms with Crippen LogP contribution in [-0.4, -0.2) is 42.3 Å². The van der Waals surface area contributed by atoms with E-state index in [1.165, 1.54) is 11.8 Å². The Morgan fingerprint density at radius 1 is 1.35 bits per heavy atom. The van der Waals surface area contributed by atoms with Crippen LogP contribution in [0.15, 0.2) is 22.0 Å². The first-order valence-corrected chi connectivity index (χ1v) is 9.47. The molecule has 0 radical (unpaired) electrons. The Morgan fingerprint density at radius 2 is 2.12 bits per heavy atom. The number of ether oxygens (including phenoxy) is 2. The van der Waals surface area contributed by atoms with E-state index in [4.69, 9.17) is 26.3 Å². The fourth-order valence-corrected chi connectivity index (χ4v) is 3.75. The van der Waals surface area contributed by atoms with Crippen LogP contribution in [-0.2, 0) is 4.79 Å². The summed E-state index contributed by atoms with van der Waals surface area (Å²) < 4.78 is 10.9. The Bertz CT molecular complexity index is 787. The number of aliphatic imine (C=N–C) groups is 1. The van der Waals surface area contributed by atoms with E-state index in [1.54, 1.807) is 23.1 Å². The summed E-state index contributed by atoms with van der Waals surface area (Å²) in [6.45, 7) is 7.16. The van der Waals surface area contributed by atoms with Gasteiger partial charge in [-0.1, -0.05) is 11.6 Å². The van der Waals surface area contributed by atoms with Crippen LogP contribution >= 0.6 is 23.4 Å². The molecular weight excluding hydrogens is 374 g/mol. The lowest BCUT2D eigenvalue weighted by molar-refractivity contribution is -0.122. The van der Waals surface area contributed by atoms with Crippen LogP contribution in [0, 0.1) is 11.3 Å². The van der Waals surface area contributed by atoms with E-state index in [0.29, 0.717) is 51.9 Å². The van der Waals surface area contributed by atoms with Crippen LogP contribution < -0.4 is 9.47 Å². The van der Waals surface area contributed by atoms with Crippen molar-refractivity contribution in [1.82, 2.24) is 4.90 Å². The number of nitrogens with zero attached hydrogens (tertiary/aromatic N) is 3. The molecule has 0 bridgehead atoms. The van der Waals surface area contributed by atoms with Crippen molar-refractivity contribution in [2.45, 2.75) is 20.8 Å². The first kappa shape index (κ1) is 20.1. The molecule has 0 unspecified atom stereocenters. The van der Waals surface area contributed by atoms with Gasteiger partial charge in [0.15, 0.2) is 23.3 Å². The van der Waals surface area contributed by atoms with E-state index in [0.717, 1.165) is 0 Å². The van der Waals surface area contributed by atoms with Gasteiger partial charge in [0.2, 0.25) is 0 Å². The molecule has 0 spiro atoms. The zero-order valence-corrected chi connectivity index (χ0v) is 16.5. The highest BCUT2D eigenvalue weighted by Crippen LogP contribution is 2.39. The summed E-state index contributed by atoms with van der Waals surface area (Å²) in [4.78, 5) is 19.2. The molecule has 1 saturated heterocycles. The number of hydrogen-bond donors (Lipinski definition) is 0. The molecule has 0 aliphatic carbocycles. The highest BCUT2D eigenvalue weighted by molar-refractivity contribution is 8.18. The molecule has 1 aromatic rings. The second-order valence-electron chi connectivity index (χ2n) is 5.13. The topological polar surface area (TPSA) is 74.9 Å². The SMILES string of the molecule is CCN=C1S/C(=C\c2cc(Cl)c(OCC#N)c(OCC)c2)C(=O)N1CC. The predicted molar refractivity (Wildman–Crippen MR) is 105 cm³/mol. The van der Waals surface area contributed by atoms with Crippen molar-refractivity contribution in [3.63, 3.8) is 0 Å². The number of halogens is 1. The van der Waals surface area contributed by atoms with Gasteiger partial charge in [-0.05, 0) is 56.3 Å². The van der Waals surface area contributed by atoms with E-state index >= 15 is 0 Å². The predicted octanol–water partition coefficient (Wildman–Crippen LogP) is 3.95. The molecule has 0 aromatic heterocycles. The molecule has 138 valence electrons. The molecule has 1 heterocycles. The molecule has 1 fully saturated rings. The lowest BCUT2D eigenvalue weighted by Gasteiger charge is -2.13. The largest absolute Gasteiger partial charge is 0.490 e. The number of benzene rings is 1. The molecular formula is C18H20ClN3O3S. The summed E-state index contributed by atoms with van der Waals surface area (Å²) in [7, 11) is 0. The molecule has 1 amide bonds. The monoisotopic (exact) mass is 393 g/mol. The van der Waals surface area contributed by atoms with Gasteiger partial charge >= 0.3 is 0 Å². The molecule has 1 aromatic carbocycles. The van der Waals surface area contributed by atoms with Crippen molar-refractivity contribution in [2.75, 3.05) is 26.3 Å². The van der Waals surface area contributed by atoms with Crippen LogP contribution in [0.2, 0.25) is 5.02 Å². The van der Waals surface area contributed by atoms with Crippen molar-refractivity contribution in [3.8, 4) is 17.6 Å². The van der Waals surface area contributed by atoms with Gasteiger partial charge in [-0.2, -0.15) is 5.26 Å². The van der Waals surface area contributed by atoms with Gasteiger partial charge in [-0.15, -0.1) is 0 Å². The van der Waals surface area contributed by atoms with Crippen molar-refractivity contribution >= 4 is 40.5 Å². The fraction of sp³-hybridized carbons (Fsp3) is 0.389. The van der Waals surface area contributed by atoms with Gasteiger partial charge in [-0.3, -0.25) is 14.7 Å². The average Bonchev–Trinajstić information content (AvgIpc) is 2.89. The number of carbonyl (C=O) groups excluding carboxylic acids is 1. The molecule has 2 rings (SSSR count). The van der Waals surface area contributed by atoms with E-state index in [1.807, 2.05) is 26.8 Å². The summed E-state index contributed by atoms with van der Waals surface area (Å²) in [6.07, 6.45) is 1.76. The third-order valence-electron chi connectivity index (χ3n) is 3.41. The number of likely N-dealkylation sites (N-methyl/N-ethyl adjacent to an activating group) is 1. The van der Waals surface area contributed by atoms with Crippen LogP contribution in [0.3, 0.4) is 0 Å². The third-order valence-corrected chi connectivity index (χ3v) is 4.73. The van der Waals surface area contributed by atoms with Crippen LogP contribution in [0.25, 0.3) is 6.08 Å². The number of hydrogen-bond acceptors (Lipinski definition) is 6. The molecule has 0 atom stereocenters. The Hall–Kier alpha value is -2.17. The number of carbonyl (C=O) groups is 1. The van der Waals surface area contributed by atoms with Crippen LogP contribution in [0.1, 0.15) is 26.3 Å². The van der Waals surface area contributed by atoms with Gasteiger partial charge in [-0.25, -0.2) is 0 Å². The molecule has 0 N–H and O–H groups in total. The van der Waals surface area contributed by atoms with E-state index < -0.39 is 0 Å². The van der Waals surface area contributed by atoms with Gasteiger partial charge in [0, 0.05) is 13.1 Å². The second kappa shape index (κ2) is 9.51. The Kier molecular flexibility index (Phi) is 7.37. The number of thioether (sulfide) groups is 1. The third kappa shape index (κ3) is 4.51. The summed E-state index contributed by atoms with van der Waals surface area (Å²) >= 11 is 7.64. The van der Waals surface area contributed by atoms with Crippen LogP contribution in [0.5, 0.6) is 11.5 Å². The van der Waals surface area contributed by atoms with Gasteiger partial charge in [0.05, 0.1) is 16.5 Å². The normalized spacial score (nSPS) is 17.0. The summed E-state index contributed by atoms with van der Waals surface area (Å²) in [5.74, 6) is 0.682. The number of amidine groups is 1. The maximum absolute atomic E-state index is 12.6. The minimum Gasteiger partial charge on any atom is -0.490 e. The molecule has 1 aliphatic rings. The minimum atomic E-state index is -0.128. The lowest BCUT2D eigenvalue weighted by Crippen LogP contribution is -2.28. The quantitative estimate of drug-likeness (QED) is 0.655. The van der Waals surface area contributed by atoms with Gasteiger partial charge < -0.3 is 9.47 Å².